The summed E-state index contributed by atoms with van der Waals surface area (Å²) in [4.78, 5) is 40.6. The molecule has 0 saturated heterocycles. The number of carbonyl (C=O) groups is 3. The highest BCUT2D eigenvalue weighted by atomic mass is 32.1. The third-order valence-corrected chi connectivity index (χ3v) is 6.97. The molecule has 9 nitrogen and oxygen atoms in total. The second kappa shape index (κ2) is 10.7. The van der Waals surface area contributed by atoms with Gasteiger partial charge >= 0.3 is 0 Å². The number of nitrogen functional groups attached to an aromatic ring is 1. The molecule has 1 aliphatic carbocycles. The fraction of sp³-hybridized carbons (Fsp3) is 0.280. The molecule has 0 radical (unpaired) electrons. The molecular weight excluding hydrogens is 485 g/mol. The third kappa shape index (κ3) is 5.15. The fourth-order valence-corrected chi connectivity index (χ4v) is 5.02. The lowest BCUT2D eigenvalue weighted by molar-refractivity contribution is -0.123. The number of benzene rings is 2. The standard InChI is InChI=1S/C25H26FN5O4S/c1-35-18-12-10-17(11-13-18)31(25(34)22-19(27)20(23(28)32)30-36-22)21(14-6-8-15(26)9-7-14)24(33)29-16-4-2-3-5-16/h6-13,16,21H,2-5,27H2,1H3,(H2,28,32)(H,29,33). The van der Waals surface area contributed by atoms with Crippen LogP contribution in [0.5, 0.6) is 5.75 Å². The zero-order valence-corrected chi connectivity index (χ0v) is 20.4. The van der Waals surface area contributed by atoms with Gasteiger partial charge in [0.25, 0.3) is 11.8 Å². The molecule has 2 aromatic carbocycles. The van der Waals surface area contributed by atoms with Gasteiger partial charge in [0.1, 0.15) is 22.5 Å². The van der Waals surface area contributed by atoms with Gasteiger partial charge in [-0.25, -0.2) is 4.39 Å². The second-order valence-electron chi connectivity index (χ2n) is 8.46. The van der Waals surface area contributed by atoms with Crippen molar-refractivity contribution in [2.24, 2.45) is 5.73 Å². The highest BCUT2D eigenvalue weighted by Crippen LogP contribution is 2.34. The molecule has 1 unspecified atom stereocenters. The number of methoxy groups -OCH3 is 1. The first kappa shape index (κ1) is 25.1. The molecule has 4 rings (SSSR count). The second-order valence-corrected chi connectivity index (χ2v) is 9.23. The lowest BCUT2D eigenvalue weighted by atomic mass is 10.0. The van der Waals surface area contributed by atoms with E-state index in [1.165, 1.54) is 36.3 Å². The van der Waals surface area contributed by atoms with E-state index in [-0.39, 0.29) is 22.3 Å². The summed E-state index contributed by atoms with van der Waals surface area (Å²) in [6, 6.07) is 10.8. The van der Waals surface area contributed by atoms with Gasteiger partial charge in [0, 0.05) is 11.7 Å². The van der Waals surface area contributed by atoms with Gasteiger partial charge in [-0.15, -0.1) is 0 Å². The summed E-state index contributed by atoms with van der Waals surface area (Å²) in [6.45, 7) is 0. The van der Waals surface area contributed by atoms with E-state index in [9.17, 15) is 18.8 Å². The number of carbonyl (C=O) groups excluding carboxylic acids is 3. The van der Waals surface area contributed by atoms with Crippen molar-refractivity contribution in [3.8, 4) is 5.75 Å². The maximum atomic E-state index is 14.0. The zero-order chi connectivity index (χ0) is 25.8. The van der Waals surface area contributed by atoms with Crippen molar-refractivity contribution in [3.05, 3.63) is 70.5 Å². The Bertz CT molecular complexity index is 1260. The predicted molar refractivity (Wildman–Crippen MR) is 134 cm³/mol. The minimum absolute atomic E-state index is 0.0248. The van der Waals surface area contributed by atoms with Crippen molar-refractivity contribution in [1.82, 2.24) is 9.69 Å². The molecule has 3 amide bonds. The number of ether oxygens (including phenoxy) is 1. The summed E-state index contributed by atoms with van der Waals surface area (Å²) in [7, 11) is 1.51. The molecule has 188 valence electrons. The quantitative estimate of drug-likeness (QED) is 0.423. The molecule has 1 fully saturated rings. The Hall–Kier alpha value is -3.99. The Morgan fingerprint density at radius 3 is 2.31 bits per heavy atom. The number of anilines is 2. The van der Waals surface area contributed by atoms with Gasteiger partial charge in [0.15, 0.2) is 5.69 Å². The number of nitrogens with two attached hydrogens (primary N) is 2. The Balaban J connectivity index is 1.84. The molecule has 1 aliphatic rings. The van der Waals surface area contributed by atoms with Crippen LogP contribution in [-0.4, -0.2) is 35.2 Å². The summed E-state index contributed by atoms with van der Waals surface area (Å²) in [5.74, 6) is -1.87. The van der Waals surface area contributed by atoms with Crippen LogP contribution in [0.1, 0.15) is 57.4 Å². The van der Waals surface area contributed by atoms with E-state index in [1.54, 1.807) is 24.3 Å². The van der Waals surface area contributed by atoms with Gasteiger partial charge in [-0.2, -0.15) is 4.37 Å². The van der Waals surface area contributed by atoms with Crippen LogP contribution in [0, 0.1) is 5.82 Å². The summed E-state index contributed by atoms with van der Waals surface area (Å²) < 4.78 is 22.9. The molecule has 0 aliphatic heterocycles. The van der Waals surface area contributed by atoms with Crippen molar-refractivity contribution >= 4 is 40.6 Å². The van der Waals surface area contributed by atoms with Crippen LogP contribution in [0.2, 0.25) is 0 Å². The normalized spacial score (nSPS) is 14.3. The van der Waals surface area contributed by atoms with Crippen LogP contribution in [0.15, 0.2) is 48.5 Å². The van der Waals surface area contributed by atoms with Crippen LogP contribution in [0.25, 0.3) is 0 Å². The smallest absolute Gasteiger partial charge is 0.273 e. The van der Waals surface area contributed by atoms with Crippen molar-refractivity contribution in [3.63, 3.8) is 0 Å². The third-order valence-electron chi connectivity index (χ3n) is 6.12. The van der Waals surface area contributed by atoms with E-state index in [0.29, 0.717) is 17.0 Å². The summed E-state index contributed by atoms with van der Waals surface area (Å²) in [5.41, 5.74) is 11.8. The number of nitrogens with zero attached hydrogens (tertiary/aromatic N) is 2. The maximum absolute atomic E-state index is 14.0. The highest BCUT2D eigenvalue weighted by Gasteiger charge is 2.37. The average Bonchev–Trinajstić information content (AvgIpc) is 3.52. The summed E-state index contributed by atoms with van der Waals surface area (Å²) in [6.07, 6.45) is 3.67. The van der Waals surface area contributed by atoms with E-state index in [4.69, 9.17) is 16.2 Å². The molecule has 0 spiro atoms. The fourth-order valence-electron chi connectivity index (χ4n) is 4.28. The number of halogens is 1. The SMILES string of the molecule is COc1ccc(N(C(=O)c2snc(C(N)=O)c2N)C(C(=O)NC2CCCC2)c2ccc(F)cc2)cc1. The number of primary amides is 1. The van der Waals surface area contributed by atoms with Crippen molar-refractivity contribution < 1.29 is 23.5 Å². The molecule has 0 bridgehead atoms. The first-order chi connectivity index (χ1) is 17.3. The molecule has 5 N–H and O–H groups in total. The molecule has 1 heterocycles. The monoisotopic (exact) mass is 511 g/mol. The average molecular weight is 512 g/mol. The van der Waals surface area contributed by atoms with Crippen LogP contribution in [0.3, 0.4) is 0 Å². The highest BCUT2D eigenvalue weighted by molar-refractivity contribution is 7.09. The van der Waals surface area contributed by atoms with E-state index < -0.39 is 29.6 Å². The Morgan fingerprint density at radius 2 is 1.75 bits per heavy atom. The number of amides is 3. The molecule has 36 heavy (non-hydrogen) atoms. The first-order valence-electron chi connectivity index (χ1n) is 11.4. The van der Waals surface area contributed by atoms with Gasteiger partial charge in [-0.3, -0.25) is 19.3 Å². The number of hydrogen-bond donors (Lipinski definition) is 3. The Kier molecular flexibility index (Phi) is 7.49. The van der Waals surface area contributed by atoms with Gasteiger partial charge in [0.05, 0.1) is 12.8 Å². The molecule has 1 atom stereocenters. The first-order valence-corrected chi connectivity index (χ1v) is 12.2. The van der Waals surface area contributed by atoms with Crippen LogP contribution < -0.4 is 26.4 Å². The number of aromatic nitrogens is 1. The molecular formula is C25H26FN5O4S. The van der Waals surface area contributed by atoms with E-state index >= 15 is 0 Å². The molecule has 1 aromatic heterocycles. The van der Waals surface area contributed by atoms with Gasteiger partial charge in [0.2, 0.25) is 5.91 Å². The van der Waals surface area contributed by atoms with Crippen molar-refractivity contribution in [2.45, 2.75) is 37.8 Å². The predicted octanol–water partition coefficient (Wildman–Crippen LogP) is 3.42. The summed E-state index contributed by atoms with van der Waals surface area (Å²) >= 11 is 0.719. The van der Waals surface area contributed by atoms with Crippen molar-refractivity contribution in [1.29, 1.82) is 0 Å². The van der Waals surface area contributed by atoms with Crippen LogP contribution in [0.4, 0.5) is 15.8 Å². The van der Waals surface area contributed by atoms with Gasteiger partial charge in [-0.05, 0) is 66.3 Å². The van der Waals surface area contributed by atoms with Crippen LogP contribution in [-0.2, 0) is 4.79 Å². The largest absolute Gasteiger partial charge is 0.497 e. The van der Waals surface area contributed by atoms with Crippen molar-refractivity contribution in [2.75, 3.05) is 17.7 Å². The lowest BCUT2D eigenvalue weighted by Crippen LogP contribution is -2.46. The van der Waals surface area contributed by atoms with Gasteiger partial charge < -0.3 is 21.5 Å². The topological polar surface area (TPSA) is 141 Å². The molecule has 1 saturated carbocycles. The maximum Gasteiger partial charge on any atom is 0.273 e. The van der Waals surface area contributed by atoms with E-state index in [0.717, 1.165) is 37.2 Å². The molecule has 3 aromatic rings. The number of nitrogens with one attached hydrogen (secondary N) is 1. The van der Waals surface area contributed by atoms with Crippen LogP contribution >= 0.6 is 11.5 Å². The Labute approximate surface area is 211 Å². The minimum atomic E-state index is -1.16. The lowest BCUT2D eigenvalue weighted by Gasteiger charge is -2.32. The van der Waals surface area contributed by atoms with E-state index in [2.05, 4.69) is 9.69 Å². The van der Waals surface area contributed by atoms with E-state index in [1.807, 2.05) is 0 Å². The Morgan fingerprint density at radius 1 is 1.11 bits per heavy atom. The van der Waals surface area contributed by atoms with Gasteiger partial charge in [-0.1, -0.05) is 25.0 Å². The zero-order valence-electron chi connectivity index (χ0n) is 19.6. The molecule has 11 heteroatoms. The minimum Gasteiger partial charge on any atom is -0.497 e. The number of rotatable bonds is 8. The number of hydrogen-bond acceptors (Lipinski definition) is 7. The summed E-state index contributed by atoms with van der Waals surface area (Å²) in [5, 5.41) is 3.04.